The SMILES string of the molecule is C#C[C@@]1(O)[C@@H](CO)O[C@@H](n2cc(I)c3c(N)ccnc32)[C@@H]1O. The molecule has 2 aromatic heterocycles. The number of ether oxygens (including phenoxy) is 1. The second kappa shape index (κ2) is 5.36. The first kappa shape index (κ1) is 15.5. The van der Waals surface area contributed by atoms with Crippen LogP contribution in [0.4, 0.5) is 5.69 Å². The van der Waals surface area contributed by atoms with E-state index in [2.05, 4.69) is 33.5 Å². The van der Waals surface area contributed by atoms with Gasteiger partial charge in [-0.1, -0.05) is 5.92 Å². The third-order valence-electron chi connectivity index (χ3n) is 3.89. The van der Waals surface area contributed by atoms with Gasteiger partial charge in [0.1, 0.15) is 17.9 Å². The van der Waals surface area contributed by atoms with Crippen molar-refractivity contribution < 1.29 is 20.1 Å². The summed E-state index contributed by atoms with van der Waals surface area (Å²) in [6.07, 6.45) is 5.09. The summed E-state index contributed by atoms with van der Waals surface area (Å²) in [5.41, 5.74) is 5.04. The molecule has 0 bridgehead atoms. The molecule has 0 aromatic carbocycles. The van der Waals surface area contributed by atoms with Gasteiger partial charge in [0.2, 0.25) is 0 Å². The zero-order valence-corrected chi connectivity index (χ0v) is 13.5. The number of rotatable bonds is 2. The molecule has 3 heterocycles. The van der Waals surface area contributed by atoms with Crippen LogP contribution in [0.5, 0.6) is 0 Å². The summed E-state index contributed by atoms with van der Waals surface area (Å²) < 4.78 is 7.95. The summed E-state index contributed by atoms with van der Waals surface area (Å²) in [4.78, 5) is 4.26. The summed E-state index contributed by atoms with van der Waals surface area (Å²) >= 11 is 2.10. The normalized spacial score (nSPS) is 31.5. The summed E-state index contributed by atoms with van der Waals surface area (Å²) in [6.45, 7) is -0.514. The lowest BCUT2D eigenvalue weighted by Crippen LogP contribution is -2.47. The number of aromatic nitrogens is 2. The molecule has 5 N–H and O–H groups in total. The highest BCUT2D eigenvalue weighted by Gasteiger charge is 2.55. The van der Waals surface area contributed by atoms with E-state index in [1.54, 1.807) is 23.0 Å². The van der Waals surface area contributed by atoms with E-state index in [9.17, 15) is 15.3 Å². The molecule has 3 rings (SSSR count). The number of fused-ring (bicyclic) bond motifs is 1. The van der Waals surface area contributed by atoms with Crippen molar-refractivity contribution >= 4 is 39.3 Å². The van der Waals surface area contributed by atoms with Crippen molar-refractivity contribution in [2.75, 3.05) is 12.3 Å². The van der Waals surface area contributed by atoms with Gasteiger partial charge in [-0.25, -0.2) is 4.98 Å². The molecular formula is C14H14IN3O4. The Morgan fingerprint density at radius 2 is 2.32 bits per heavy atom. The van der Waals surface area contributed by atoms with Crippen LogP contribution in [0.25, 0.3) is 11.0 Å². The van der Waals surface area contributed by atoms with Crippen LogP contribution < -0.4 is 5.73 Å². The predicted molar refractivity (Wildman–Crippen MR) is 87.6 cm³/mol. The van der Waals surface area contributed by atoms with Gasteiger partial charge in [-0.05, 0) is 28.7 Å². The highest BCUT2D eigenvalue weighted by atomic mass is 127. The Morgan fingerprint density at radius 3 is 2.91 bits per heavy atom. The van der Waals surface area contributed by atoms with Crippen molar-refractivity contribution in [1.82, 2.24) is 9.55 Å². The molecule has 8 heteroatoms. The standard InChI is InChI=1S/C14H14IN3O4/c1-2-14(21)9(6-19)22-13(11(14)20)18-5-7(15)10-8(16)3-4-17-12(10)18/h1,3-5,9,11,13,19-21H,6H2,(H2,16,17)/t9-,11+,13-,14-/m1/s1. The van der Waals surface area contributed by atoms with Gasteiger partial charge < -0.3 is 30.4 Å². The Labute approximate surface area is 139 Å². The van der Waals surface area contributed by atoms with Gasteiger partial charge in [-0.3, -0.25) is 0 Å². The monoisotopic (exact) mass is 415 g/mol. The number of anilines is 1. The molecular weight excluding hydrogens is 401 g/mol. The Hall–Kier alpha value is -1.38. The van der Waals surface area contributed by atoms with Crippen LogP contribution in [0.2, 0.25) is 0 Å². The van der Waals surface area contributed by atoms with E-state index in [1.807, 2.05) is 0 Å². The summed E-state index contributed by atoms with van der Waals surface area (Å²) in [7, 11) is 0. The Balaban J connectivity index is 2.14. The number of halogens is 1. The first-order valence-electron chi connectivity index (χ1n) is 6.49. The van der Waals surface area contributed by atoms with Crippen molar-refractivity contribution in [3.8, 4) is 12.3 Å². The molecule has 1 aliphatic heterocycles. The van der Waals surface area contributed by atoms with Gasteiger partial charge in [0.05, 0.1) is 12.0 Å². The predicted octanol–water partition coefficient (Wildman–Crippen LogP) is -0.162. The minimum Gasteiger partial charge on any atom is -0.398 e. The molecule has 2 aromatic rings. The third-order valence-corrected chi connectivity index (χ3v) is 4.70. The molecule has 1 saturated heterocycles. The lowest BCUT2D eigenvalue weighted by atomic mass is 9.93. The fraction of sp³-hybridized carbons (Fsp3) is 0.357. The molecule has 22 heavy (non-hydrogen) atoms. The highest BCUT2D eigenvalue weighted by Crippen LogP contribution is 2.39. The van der Waals surface area contributed by atoms with E-state index in [0.717, 1.165) is 8.96 Å². The van der Waals surface area contributed by atoms with Gasteiger partial charge in [-0.2, -0.15) is 0 Å². The maximum Gasteiger partial charge on any atom is 0.183 e. The number of nitrogen functional groups attached to an aromatic ring is 1. The van der Waals surface area contributed by atoms with Crippen LogP contribution in [0, 0.1) is 15.9 Å². The topological polar surface area (TPSA) is 114 Å². The van der Waals surface area contributed by atoms with E-state index in [0.29, 0.717) is 11.3 Å². The molecule has 0 amide bonds. The Kier molecular flexibility index (Phi) is 3.78. The molecule has 116 valence electrons. The zero-order chi connectivity index (χ0) is 16.1. The Morgan fingerprint density at radius 1 is 1.59 bits per heavy atom. The first-order chi connectivity index (χ1) is 10.4. The van der Waals surface area contributed by atoms with E-state index >= 15 is 0 Å². The van der Waals surface area contributed by atoms with Gasteiger partial charge in [0.25, 0.3) is 0 Å². The minimum atomic E-state index is -1.97. The first-order valence-corrected chi connectivity index (χ1v) is 7.57. The van der Waals surface area contributed by atoms with E-state index in [4.69, 9.17) is 16.9 Å². The zero-order valence-electron chi connectivity index (χ0n) is 11.3. The van der Waals surface area contributed by atoms with E-state index in [1.165, 1.54) is 0 Å². The molecule has 0 saturated carbocycles. The molecule has 0 spiro atoms. The van der Waals surface area contributed by atoms with E-state index in [-0.39, 0.29) is 0 Å². The fourth-order valence-electron chi connectivity index (χ4n) is 2.68. The van der Waals surface area contributed by atoms with Crippen molar-refractivity contribution in [3.63, 3.8) is 0 Å². The Bertz CT molecular complexity index is 771. The summed E-state index contributed by atoms with van der Waals surface area (Å²) in [6, 6.07) is 1.68. The number of terminal acetylenes is 1. The van der Waals surface area contributed by atoms with Gasteiger partial charge in [-0.15, -0.1) is 6.42 Å². The molecule has 1 aliphatic rings. The lowest BCUT2D eigenvalue weighted by molar-refractivity contribution is -0.0604. The molecule has 7 nitrogen and oxygen atoms in total. The largest absolute Gasteiger partial charge is 0.398 e. The number of aliphatic hydroxyl groups is 3. The minimum absolute atomic E-state index is 0.506. The number of nitrogens with two attached hydrogens (primary N) is 1. The van der Waals surface area contributed by atoms with Gasteiger partial charge >= 0.3 is 0 Å². The molecule has 0 unspecified atom stereocenters. The number of nitrogens with zero attached hydrogens (tertiary/aromatic N) is 2. The van der Waals surface area contributed by atoms with Gasteiger partial charge in [0, 0.05) is 21.7 Å². The number of aliphatic hydroxyl groups excluding tert-OH is 2. The smallest absolute Gasteiger partial charge is 0.183 e. The second-order valence-corrected chi connectivity index (χ2v) is 6.26. The molecule has 0 radical (unpaired) electrons. The van der Waals surface area contributed by atoms with Crippen LogP contribution in [0.1, 0.15) is 6.23 Å². The highest BCUT2D eigenvalue weighted by molar-refractivity contribution is 14.1. The maximum atomic E-state index is 10.4. The van der Waals surface area contributed by atoms with Crippen molar-refractivity contribution in [1.29, 1.82) is 0 Å². The van der Waals surface area contributed by atoms with E-state index < -0.39 is 30.6 Å². The van der Waals surface area contributed by atoms with Crippen LogP contribution in [0.15, 0.2) is 18.5 Å². The van der Waals surface area contributed by atoms with Crippen LogP contribution >= 0.6 is 22.6 Å². The van der Waals surface area contributed by atoms with Crippen LogP contribution in [-0.4, -0.2) is 49.3 Å². The number of hydrogen-bond acceptors (Lipinski definition) is 6. The van der Waals surface area contributed by atoms with Crippen molar-refractivity contribution in [2.45, 2.75) is 24.0 Å². The van der Waals surface area contributed by atoms with Crippen molar-refractivity contribution in [3.05, 3.63) is 22.0 Å². The molecule has 0 aliphatic carbocycles. The van der Waals surface area contributed by atoms with Crippen LogP contribution in [-0.2, 0) is 4.74 Å². The number of pyridine rings is 1. The second-order valence-electron chi connectivity index (χ2n) is 5.10. The molecule has 1 fully saturated rings. The fourth-order valence-corrected chi connectivity index (χ4v) is 3.53. The van der Waals surface area contributed by atoms with Crippen molar-refractivity contribution in [2.24, 2.45) is 0 Å². The number of hydrogen-bond donors (Lipinski definition) is 4. The lowest BCUT2D eigenvalue weighted by Gasteiger charge is -2.24. The average molecular weight is 415 g/mol. The third kappa shape index (κ3) is 2.01. The summed E-state index contributed by atoms with van der Waals surface area (Å²) in [5, 5.41) is 30.8. The van der Waals surface area contributed by atoms with Gasteiger partial charge in [0.15, 0.2) is 11.8 Å². The summed E-state index contributed by atoms with van der Waals surface area (Å²) in [5.74, 6) is 2.12. The molecule has 4 atom stereocenters. The van der Waals surface area contributed by atoms with Crippen LogP contribution in [0.3, 0.4) is 0 Å². The maximum absolute atomic E-state index is 10.4. The average Bonchev–Trinajstić information content (AvgIpc) is 2.97. The quantitative estimate of drug-likeness (QED) is 0.401.